The van der Waals surface area contributed by atoms with Gasteiger partial charge in [-0.25, -0.2) is 4.98 Å². The smallest absolute Gasteiger partial charge is 0.135 e. The minimum Gasteiger partial charge on any atom is -0.509 e. The molecule has 65 heavy (non-hydrogen) atoms. The Morgan fingerprint density at radius 2 is 1.08 bits per heavy atom. The Kier molecular flexibility index (Phi) is 12.6. The number of fused-ring (bicyclic) bond motifs is 4. The zero-order valence-corrected chi connectivity index (χ0v) is 42.2. The van der Waals surface area contributed by atoms with Crippen molar-refractivity contribution >= 4 is 44.6 Å². The third-order valence-corrected chi connectivity index (χ3v) is 12.9. The van der Waals surface area contributed by atoms with Gasteiger partial charge in [0, 0.05) is 93.2 Å². The molecule has 0 bridgehead atoms. The summed E-state index contributed by atoms with van der Waals surface area (Å²) in [5.41, 5.74) is 11.8. The van der Waals surface area contributed by atoms with E-state index in [1.807, 2.05) is 24.4 Å². The molecule has 1 aliphatic rings. The Morgan fingerprint density at radius 1 is 0.492 bits per heavy atom. The van der Waals surface area contributed by atoms with E-state index in [2.05, 4.69) is 233 Å². The molecule has 0 spiro atoms. The number of para-hydroxylation sites is 3. The van der Waals surface area contributed by atoms with Crippen LogP contribution < -0.4 is 14.5 Å². The summed E-state index contributed by atoms with van der Waals surface area (Å²) in [7, 11) is 0. The van der Waals surface area contributed by atoms with Gasteiger partial charge in [-0.3, -0.25) is 0 Å². The van der Waals surface area contributed by atoms with Gasteiger partial charge in [-0.05, 0) is 81.1 Å². The van der Waals surface area contributed by atoms with Crippen LogP contribution in [0.3, 0.4) is 0 Å². The van der Waals surface area contributed by atoms with Gasteiger partial charge in [-0.15, -0.1) is 48.1 Å². The van der Waals surface area contributed by atoms with Crippen molar-refractivity contribution in [3.8, 4) is 17.3 Å². The molecule has 0 aliphatic carbocycles. The van der Waals surface area contributed by atoms with Crippen LogP contribution in [0.2, 0.25) is 0 Å². The van der Waals surface area contributed by atoms with Crippen LogP contribution in [0.25, 0.3) is 27.6 Å². The van der Waals surface area contributed by atoms with Gasteiger partial charge in [-0.2, -0.15) is 12.1 Å². The van der Waals surface area contributed by atoms with E-state index in [1.54, 1.807) is 0 Å². The molecule has 332 valence electrons. The first-order valence-corrected chi connectivity index (χ1v) is 21.8. The van der Waals surface area contributed by atoms with Crippen molar-refractivity contribution in [3.63, 3.8) is 0 Å². The van der Waals surface area contributed by atoms with Gasteiger partial charge in [0.2, 0.25) is 0 Å². The van der Waals surface area contributed by atoms with E-state index in [0.29, 0.717) is 11.5 Å². The molecule has 0 fully saturated rings. The fourth-order valence-corrected chi connectivity index (χ4v) is 8.96. The molecule has 1 aliphatic heterocycles. The zero-order valence-electron chi connectivity index (χ0n) is 37.7. The molecule has 7 aromatic carbocycles. The molecule has 0 saturated carbocycles. The van der Waals surface area contributed by atoms with E-state index < -0.39 is 0 Å². The van der Waals surface area contributed by atoms with Crippen LogP contribution in [-0.4, -0.2) is 9.55 Å². The molecule has 0 amide bonds. The molecule has 5 nitrogen and oxygen atoms in total. The maximum absolute atomic E-state index is 6.64. The molecule has 2 aromatic heterocycles. The standard InChI is InChI=1S/C58H51N4O.2Pt/c1-56(2,3)42-31-32-59-55(36-42)62-51-26-15-14-25-49(51)50-30-29-48(38-54(50)62)63-47-24-18-23-45(37-47)60-39-61(53-28-17-16-27-52(53)60)46-34-43(57(4,5)40-19-10-8-11-20-40)33-44(35-46)58(6,7)41-21-12-9-13-22-41;;/h8-36,39H,1-7H3;;/q-3;;. The summed E-state index contributed by atoms with van der Waals surface area (Å²) in [6, 6.07) is 67.5. The SMILES string of the molecule is CC(C)(C)c1ccnc(-n2c3[c-]c(Oc4[c-]c(N5[CH-]N(c6cc(C(C)(C)c7ccccc7)cc(C(C)(C)c7ccccc7)c6)c6ccccc65)ccc4)ccc3c3ccccc32)c1.[Pt].[Pt]. The maximum Gasteiger partial charge on any atom is 0.135 e. The van der Waals surface area contributed by atoms with Crippen molar-refractivity contribution in [3.05, 3.63) is 223 Å². The fourth-order valence-electron chi connectivity index (χ4n) is 8.96. The maximum atomic E-state index is 6.64. The topological polar surface area (TPSA) is 33.5 Å². The molecule has 9 aromatic rings. The Hall–Kier alpha value is -5.73. The Balaban J connectivity index is 0.00000288. The van der Waals surface area contributed by atoms with Crippen molar-refractivity contribution in [2.24, 2.45) is 0 Å². The van der Waals surface area contributed by atoms with Crippen LogP contribution >= 0.6 is 0 Å². The number of anilines is 4. The number of benzene rings is 7. The number of rotatable bonds is 9. The van der Waals surface area contributed by atoms with Crippen molar-refractivity contribution < 1.29 is 46.9 Å². The second kappa shape index (κ2) is 17.9. The molecular weight excluding hydrogens is 1160 g/mol. The number of pyridine rings is 1. The molecule has 0 atom stereocenters. The van der Waals surface area contributed by atoms with Crippen LogP contribution in [0.4, 0.5) is 22.7 Å². The third-order valence-electron chi connectivity index (χ3n) is 12.9. The molecular formula is C58H51N4OPt2-3. The number of aromatic nitrogens is 2. The first-order valence-electron chi connectivity index (χ1n) is 21.8. The molecule has 3 heterocycles. The second-order valence-electron chi connectivity index (χ2n) is 18.7. The van der Waals surface area contributed by atoms with Gasteiger partial charge in [-0.1, -0.05) is 151 Å². The summed E-state index contributed by atoms with van der Waals surface area (Å²) in [6.07, 6.45) is 1.90. The zero-order chi connectivity index (χ0) is 43.5. The molecule has 7 heteroatoms. The van der Waals surface area contributed by atoms with E-state index in [4.69, 9.17) is 9.72 Å². The van der Waals surface area contributed by atoms with Gasteiger partial charge in [0.1, 0.15) is 5.82 Å². The van der Waals surface area contributed by atoms with E-state index >= 15 is 0 Å². The fraction of sp³-hybridized carbons (Fsp3) is 0.172. The largest absolute Gasteiger partial charge is 0.509 e. The van der Waals surface area contributed by atoms with Crippen LogP contribution in [-0.2, 0) is 58.4 Å². The van der Waals surface area contributed by atoms with Crippen molar-refractivity contribution in [2.75, 3.05) is 9.80 Å². The first kappa shape index (κ1) is 45.8. The van der Waals surface area contributed by atoms with Crippen molar-refractivity contribution in [1.29, 1.82) is 0 Å². The molecule has 0 N–H and O–H groups in total. The Morgan fingerprint density at radius 3 is 1.72 bits per heavy atom. The average Bonchev–Trinajstić information content (AvgIpc) is 3.85. The molecule has 10 rings (SSSR count). The Bertz CT molecular complexity index is 3060. The molecule has 0 unspecified atom stereocenters. The van der Waals surface area contributed by atoms with Crippen LogP contribution in [0.1, 0.15) is 76.3 Å². The van der Waals surface area contributed by atoms with Gasteiger partial charge >= 0.3 is 0 Å². The van der Waals surface area contributed by atoms with Crippen molar-refractivity contribution in [2.45, 2.75) is 64.7 Å². The number of ether oxygens (including phenoxy) is 1. The second-order valence-corrected chi connectivity index (χ2v) is 18.7. The average molecular weight is 1210 g/mol. The first-order chi connectivity index (χ1) is 30.4. The predicted molar refractivity (Wildman–Crippen MR) is 260 cm³/mol. The summed E-state index contributed by atoms with van der Waals surface area (Å²) >= 11 is 0. The summed E-state index contributed by atoms with van der Waals surface area (Å²) in [5.74, 6) is 2.06. The van der Waals surface area contributed by atoms with Gasteiger partial charge in [0.05, 0.1) is 0 Å². The van der Waals surface area contributed by atoms with Gasteiger partial charge in [0.25, 0.3) is 0 Å². The number of hydrogen-bond acceptors (Lipinski definition) is 4. The van der Waals surface area contributed by atoms with Crippen LogP contribution in [0.15, 0.2) is 176 Å². The molecule has 0 radical (unpaired) electrons. The number of nitrogens with zero attached hydrogens (tertiary/aromatic N) is 4. The summed E-state index contributed by atoms with van der Waals surface area (Å²) in [5, 5.41) is 2.23. The summed E-state index contributed by atoms with van der Waals surface area (Å²) in [6.45, 7) is 18.2. The van der Waals surface area contributed by atoms with Crippen molar-refractivity contribution in [1.82, 2.24) is 9.55 Å². The predicted octanol–water partition coefficient (Wildman–Crippen LogP) is 14.9. The minimum atomic E-state index is -0.251. The Labute approximate surface area is 412 Å². The van der Waals surface area contributed by atoms with E-state index in [9.17, 15) is 0 Å². The van der Waals surface area contributed by atoms with Gasteiger partial charge in [0.15, 0.2) is 0 Å². The van der Waals surface area contributed by atoms with E-state index in [0.717, 1.165) is 50.4 Å². The van der Waals surface area contributed by atoms with E-state index in [-0.39, 0.29) is 58.4 Å². The van der Waals surface area contributed by atoms with Gasteiger partial charge < -0.3 is 19.1 Å². The van der Waals surface area contributed by atoms with E-state index in [1.165, 1.54) is 27.8 Å². The third kappa shape index (κ3) is 8.51. The minimum absolute atomic E-state index is 0. The number of hydrogen-bond donors (Lipinski definition) is 0. The normalized spacial score (nSPS) is 12.8. The monoisotopic (exact) mass is 1210 g/mol. The molecule has 0 saturated heterocycles. The summed E-state index contributed by atoms with van der Waals surface area (Å²) in [4.78, 5) is 9.38. The van der Waals surface area contributed by atoms with Crippen LogP contribution in [0, 0.1) is 18.8 Å². The van der Waals surface area contributed by atoms with Crippen LogP contribution in [0.5, 0.6) is 11.5 Å². The quantitative estimate of drug-likeness (QED) is 0.135. The summed E-state index contributed by atoms with van der Waals surface area (Å²) < 4.78 is 8.84.